The molecule has 0 aliphatic rings. The van der Waals surface area contributed by atoms with Crippen molar-refractivity contribution in [3.05, 3.63) is 75.2 Å². The number of nitrogens with two attached hydrogens (primary N) is 1. The molecule has 0 spiro atoms. The molecule has 16 heteroatoms. The van der Waals surface area contributed by atoms with E-state index in [9.17, 15) is 40.7 Å². The summed E-state index contributed by atoms with van der Waals surface area (Å²) in [6.45, 7) is -2.46. The first-order chi connectivity index (χ1) is 18.2. The van der Waals surface area contributed by atoms with Gasteiger partial charge in [-0.15, -0.1) is 5.10 Å². The highest BCUT2D eigenvalue weighted by atomic mass is 35.5. The molecule has 0 aliphatic heterocycles. The Morgan fingerprint density at radius 1 is 1.05 bits per heavy atom. The van der Waals surface area contributed by atoms with E-state index in [0.29, 0.717) is 9.70 Å². The van der Waals surface area contributed by atoms with E-state index in [1.807, 2.05) is 0 Å². The lowest BCUT2D eigenvalue weighted by atomic mass is 10.00. The number of rotatable bonds is 9. The van der Waals surface area contributed by atoms with Crippen LogP contribution in [0.2, 0.25) is 5.02 Å². The molecule has 2 amide bonds. The number of primary amides is 1. The molecule has 1 heterocycles. The number of nitrogens with one attached hydrogen (secondary N) is 1. The van der Waals surface area contributed by atoms with Crippen LogP contribution in [0.4, 0.5) is 31.1 Å². The zero-order valence-corrected chi connectivity index (χ0v) is 20.5. The average Bonchev–Trinajstić information content (AvgIpc) is 3.14. The number of carbonyl (C=O) groups is 2. The number of carbonyl (C=O) groups excluding carboxylic acids is 2. The number of alkyl halides is 6. The second kappa shape index (κ2) is 11.8. The zero-order chi connectivity index (χ0) is 29.0. The topological polar surface area (TPSA) is 121 Å². The predicted molar refractivity (Wildman–Crippen MR) is 125 cm³/mol. The first-order valence-electron chi connectivity index (χ1n) is 11.0. The van der Waals surface area contributed by atoms with Crippen molar-refractivity contribution < 1.29 is 40.7 Å². The number of hydrogen-bond donors (Lipinski definition) is 2. The smallest absolute Gasteiger partial charge is 0.416 e. The van der Waals surface area contributed by atoms with Crippen molar-refractivity contribution in [1.82, 2.24) is 19.7 Å². The molecular formula is C23H20ClF6N5O4. The van der Waals surface area contributed by atoms with E-state index >= 15 is 0 Å². The average molecular weight is 580 g/mol. The first-order valence-corrected chi connectivity index (χ1v) is 11.4. The number of benzene rings is 2. The van der Waals surface area contributed by atoms with Crippen molar-refractivity contribution in [3.8, 4) is 11.4 Å². The number of aromatic nitrogens is 3. The standard InChI is InChI=1S/C23H20ClF6N5O4/c24-14-7-5-13(6-8-14)19-33-35(21(38)34(19)10-9-22(25,26)27)11-18(36)32-17(12-39-20(31)37)15-3-1-2-4-16(15)23(28,29)30/h1-8,17H,9-12H2,(H2,31,37)(H,32,36). The summed E-state index contributed by atoms with van der Waals surface area (Å²) in [5, 5.41) is 6.51. The van der Waals surface area contributed by atoms with Gasteiger partial charge in [-0.3, -0.25) is 9.36 Å². The van der Waals surface area contributed by atoms with Crippen molar-refractivity contribution in [2.75, 3.05) is 6.61 Å². The Kier molecular flexibility index (Phi) is 8.94. The molecule has 9 nitrogen and oxygen atoms in total. The molecule has 39 heavy (non-hydrogen) atoms. The number of nitrogens with zero attached hydrogens (tertiary/aromatic N) is 3. The second-order valence-electron chi connectivity index (χ2n) is 8.12. The summed E-state index contributed by atoms with van der Waals surface area (Å²) in [4.78, 5) is 36.8. The lowest BCUT2D eigenvalue weighted by Crippen LogP contribution is -2.38. The van der Waals surface area contributed by atoms with E-state index in [1.165, 1.54) is 30.3 Å². The molecule has 210 valence electrons. The molecule has 3 aromatic rings. The minimum Gasteiger partial charge on any atom is -0.447 e. The highest BCUT2D eigenvalue weighted by molar-refractivity contribution is 6.30. The van der Waals surface area contributed by atoms with Gasteiger partial charge in [-0.05, 0) is 35.9 Å². The summed E-state index contributed by atoms with van der Waals surface area (Å²) in [5.74, 6) is -1.24. The minimum absolute atomic E-state index is 0.190. The van der Waals surface area contributed by atoms with Gasteiger partial charge in [0.25, 0.3) is 0 Å². The van der Waals surface area contributed by atoms with Gasteiger partial charge in [0.05, 0.1) is 18.0 Å². The van der Waals surface area contributed by atoms with Crippen molar-refractivity contribution in [3.63, 3.8) is 0 Å². The molecule has 0 aliphatic carbocycles. The fourth-order valence-electron chi connectivity index (χ4n) is 3.61. The molecule has 1 atom stereocenters. The molecule has 3 N–H and O–H groups in total. The molecule has 2 aromatic carbocycles. The molecule has 1 aromatic heterocycles. The number of amides is 2. The molecule has 0 fully saturated rings. The van der Waals surface area contributed by atoms with Gasteiger partial charge >= 0.3 is 24.1 Å². The van der Waals surface area contributed by atoms with Crippen molar-refractivity contribution in [2.24, 2.45) is 5.73 Å². The van der Waals surface area contributed by atoms with Crippen LogP contribution < -0.4 is 16.7 Å². The molecular weight excluding hydrogens is 560 g/mol. The van der Waals surface area contributed by atoms with Crippen LogP contribution in [0.25, 0.3) is 11.4 Å². The van der Waals surface area contributed by atoms with Crippen molar-refractivity contribution in [1.29, 1.82) is 0 Å². The maximum Gasteiger partial charge on any atom is 0.416 e. The minimum atomic E-state index is -4.83. The van der Waals surface area contributed by atoms with E-state index in [4.69, 9.17) is 17.3 Å². The number of halogens is 7. The Bertz CT molecular complexity index is 1390. The van der Waals surface area contributed by atoms with Gasteiger partial charge in [0.2, 0.25) is 5.91 Å². The number of ether oxygens (including phenoxy) is 1. The highest BCUT2D eigenvalue weighted by Gasteiger charge is 2.36. The summed E-state index contributed by atoms with van der Waals surface area (Å²) in [6, 6.07) is 8.30. The van der Waals surface area contributed by atoms with E-state index in [1.54, 1.807) is 0 Å². The fourth-order valence-corrected chi connectivity index (χ4v) is 3.73. The van der Waals surface area contributed by atoms with Crippen LogP contribution in [0.1, 0.15) is 23.6 Å². The maximum atomic E-state index is 13.5. The third-order valence-corrected chi connectivity index (χ3v) is 5.56. The first kappa shape index (κ1) is 29.5. The van der Waals surface area contributed by atoms with Gasteiger partial charge in [0.1, 0.15) is 13.2 Å². The van der Waals surface area contributed by atoms with Crippen LogP contribution in [-0.4, -0.2) is 39.1 Å². The van der Waals surface area contributed by atoms with Crippen LogP contribution in [0, 0.1) is 0 Å². The summed E-state index contributed by atoms with van der Waals surface area (Å²) in [7, 11) is 0. The predicted octanol–water partition coefficient (Wildman–Crippen LogP) is 4.29. The van der Waals surface area contributed by atoms with Gasteiger partial charge in [0, 0.05) is 17.1 Å². The van der Waals surface area contributed by atoms with Gasteiger partial charge in [-0.1, -0.05) is 29.8 Å². The zero-order valence-electron chi connectivity index (χ0n) is 19.7. The summed E-state index contributed by atoms with van der Waals surface area (Å²) >= 11 is 5.84. The highest BCUT2D eigenvalue weighted by Crippen LogP contribution is 2.34. The lowest BCUT2D eigenvalue weighted by molar-refractivity contribution is -0.139. The lowest BCUT2D eigenvalue weighted by Gasteiger charge is -2.22. The summed E-state index contributed by atoms with van der Waals surface area (Å²) in [6.07, 6.45) is -12.1. The van der Waals surface area contributed by atoms with Crippen LogP contribution >= 0.6 is 11.6 Å². The normalized spacial score (nSPS) is 12.7. The molecule has 0 saturated carbocycles. The molecule has 0 radical (unpaired) electrons. The van der Waals surface area contributed by atoms with Crippen LogP contribution in [0.3, 0.4) is 0 Å². The Hall–Kier alpha value is -4.01. The largest absolute Gasteiger partial charge is 0.447 e. The molecule has 0 bridgehead atoms. The Labute approximate surface area is 221 Å². The molecule has 0 saturated heterocycles. The monoisotopic (exact) mass is 579 g/mol. The van der Waals surface area contributed by atoms with Gasteiger partial charge in [-0.25, -0.2) is 14.3 Å². The van der Waals surface area contributed by atoms with Gasteiger partial charge < -0.3 is 15.8 Å². The summed E-state index contributed by atoms with van der Waals surface area (Å²) in [5.41, 5.74) is 2.50. The Morgan fingerprint density at radius 3 is 2.28 bits per heavy atom. The van der Waals surface area contributed by atoms with Crippen molar-refractivity contribution in [2.45, 2.75) is 37.9 Å². The van der Waals surface area contributed by atoms with E-state index in [0.717, 1.165) is 22.8 Å². The second-order valence-corrected chi connectivity index (χ2v) is 8.56. The van der Waals surface area contributed by atoms with E-state index < -0.39 is 73.3 Å². The SMILES string of the molecule is NC(=O)OCC(NC(=O)Cn1nc(-c2ccc(Cl)cc2)n(CCC(F)(F)F)c1=O)c1ccccc1C(F)(F)F. The van der Waals surface area contributed by atoms with E-state index in [2.05, 4.69) is 15.2 Å². The Morgan fingerprint density at radius 2 is 1.69 bits per heavy atom. The van der Waals surface area contributed by atoms with Crippen LogP contribution in [0.15, 0.2) is 53.3 Å². The van der Waals surface area contributed by atoms with Crippen LogP contribution in [-0.2, 0) is 28.8 Å². The number of hydrogen-bond acceptors (Lipinski definition) is 5. The summed E-state index contributed by atoms with van der Waals surface area (Å²) < 4.78 is 85.2. The molecule has 3 rings (SSSR count). The fraction of sp³-hybridized carbons (Fsp3) is 0.304. The third-order valence-electron chi connectivity index (χ3n) is 5.31. The van der Waals surface area contributed by atoms with Gasteiger partial charge in [-0.2, -0.15) is 26.3 Å². The van der Waals surface area contributed by atoms with E-state index in [-0.39, 0.29) is 11.4 Å². The Balaban J connectivity index is 1.93. The van der Waals surface area contributed by atoms with Gasteiger partial charge in [0.15, 0.2) is 5.82 Å². The maximum absolute atomic E-state index is 13.5. The van der Waals surface area contributed by atoms with Crippen LogP contribution in [0.5, 0.6) is 0 Å². The quantitative estimate of drug-likeness (QED) is 0.366. The van der Waals surface area contributed by atoms with Crippen molar-refractivity contribution >= 4 is 23.6 Å². The third kappa shape index (κ3) is 7.99. The molecule has 1 unspecified atom stereocenters.